The van der Waals surface area contributed by atoms with Gasteiger partial charge < -0.3 is 31.7 Å². The summed E-state index contributed by atoms with van der Waals surface area (Å²) in [6, 6.07) is -3.66. The van der Waals surface area contributed by atoms with Crippen molar-refractivity contribution < 1.29 is 29.7 Å². The zero-order valence-corrected chi connectivity index (χ0v) is 12.4. The highest BCUT2D eigenvalue weighted by Crippen LogP contribution is 1.99. The monoisotopic (exact) mass is 323 g/mol. The van der Waals surface area contributed by atoms with Crippen LogP contribution in [0, 0.1) is 0 Å². The largest absolute Gasteiger partial charge is 0.480 e. The lowest BCUT2D eigenvalue weighted by Gasteiger charge is -2.20. The fourth-order valence-electron chi connectivity index (χ4n) is 1.31. The Bertz CT molecular complexity index is 368. The number of aliphatic hydroxyl groups is 2. The minimum Gasteiger partial charge on any atom is -0.480 e. The van der Waals surface area contributed by atoms with Crippen molar-refractivity contribution in [2.75, 3.05) is 25.2 Å². The number of rotatable bonds is 10. The number of nitrogens with one attached hydrogen (secondary N) is 2. The molecule has 0 saturated heterocycles. The van der Waals surface area contributed by atoms with Crippen LogP contribution in [0.3, 0.4) is 0 Å². The molecule has 0 heterocycles. The molecule has 0 aliphatic carbocycles. The molecule has 0 aromatic rings. The van der Waals surface area contributed by atoms with Crippen LogP contribution in [-0.4, -0.2) is 76.5 Å². The van der Waals surface area contributed by atoms with E-state index in [0.29, 0.717) is 12.2 Å². The lowest BCUT2D eigenvalue weighted by molar-refractivity contribution is -0.143. The predicted octanol–water partition coefficient (Wildman–Crippen LogP) is -2.89. The highest BCUT2D eigenvalue weighted by Gasteiger charge is 2.26. The Balaban J connectivity index is 4.52. The molecular weight excluding hydrogens is 302 g/mol. The molecule has 0 saturated carbocycles. The molecule has 2 amide bonds. The first-order valence-corrected chi connectivity index (χ1v) is 7.56. The van der Waals surface area contributed by atoms with Crippen molar-refractivity contribution in [2.45, 2.75) is 24.5 Å². The van der Waals surface area contributed by atoms with E-state index in [1.165, 1.54) is 11.8 Å². The number of nitrogens with two attached hydrogens (primary N) is 1. The van der Waals surface area contributed by atoms with E-state index in [2.05, 4.69) is 5.32 Å². The van der Waals surface area contributed by atoms with Crippen LogP contribution >= 0.6 is 11.8 Å². The van der Waals surface area contributed by atoms with Gasteiger partial charge in [-0.05, 0) is 18.4 Å². The first kappa shape index (κ1) is 19.6. The second-order valence-electron chi connectivity index (χ2n) is 4.21. The quantitative estimate of drug-likeness (QED) is 0.249. The highest BCUT2D eigenvalue weighted by molar-refractivity contribution is 7.98. The van der Waals surface area contributed by atoms with Gasteiger partial charge in [0.15, 0.2) is 0 Å². The summed E-state index contributed by atoms with van der Waals surface area (Å²) in [4.78, 5) is 34.1. The van der Waals surface area contributed by atoms with Crippen molar-refractivity contribution in [3.8, 4) is 0 Å². The number of aliphatic carboxylic acids is 1. The van der Waals surface area contributed by atoms with Gasteiger partial charge in [0, 0.05) is 0 Å². The Labute approximate surface area is 126 Å². The van der Waals surface area contributed by atoms with E-state index in [9.17, 15) is 14.4 Å². The summed E-state index contributed by atoms with van der Waals surface area (Å²) >= 11 is 1.51. The van der Waals surface area contributed by atoms with E-state index in [-0.39, 0.29) is 0 Å². The molecule has 0 radical (unpaired) electrons. The maximum Gasteiger partial charge on any atom is 0.328 e. The molecule has 0 aromatic heterocycles. The Morgan fingerprint density at radius 1 is 1.10 bits per heavy atom. The third-order valence-corrected chi connectivity index (χ3v) is 3.23. The number of carboxylic acids is 1. The normalized spacial score (nSPS) is 14.9. The van der Waals surface area contributed by atoms with Crippen LogP contribution in [-0.2, 0) is 14.4 Å². The smallest absolute Gasteiger partial charge is 0.328 e. The summed E-state index contributed by atoms with van der Waals surface area (Å²) in [7, 11) is 0. The Kier molecular flexibility index (Phi) is 9.71. The minimum absolute atomic E-state index is 0.404. The van der Waals surface area contributed by atoms with Gasteiger partial charge in [-0.3, -0.25) is 9.59 Å². The summed E-state index contributed by atoms with van der Waals surface area (Å²) in [6.45, 7) is -1.52. The van der Waals surface area contributed by atoms with Crippen LogP contribution in [0.25, 0.3) is 0 Å². The fourth-order valence-corrected chi connectivity index (χ4v) is 1.80. The van der Waals surface area contributed by atoms with Crippen molar-refractivity contribution in [3.63, 3.8) is 0 Å². The number of thioether (sulfide) groups is 1. The van der Waals surface area contributed by atoms with Crippen molar-refractivity contribution in [3.05, 3.63) is 0 Å². The summed E-state index contributed by atoms with van der Waals surface area (Å²) in [5.74, 6) is -2.29. The van der Waals surface area contributed by atoms with Crippen LogP contribution in [0.5, 0.6) is 0 Å². The van der Waals surface area contributed by atoms with Gasteiger partial charge in [0.25, 0.3) is 0 Å². The summed E-state index contributed by atoms with van der Waals surface area (Å²) in [5.41, 5.74) is 5.61. The second-order valence-corrected chi connectivity index (χ2v) is 5.20. The maximum atomic E-state index is 11.7. The number of carboxylic acid groups (broad SMARTS) is 1. The van der Waals surface area contributed by atoms with Crippen molar-refractivity contribution in [2.24, 2.45) is 5.73 Å². The molecule has 0 spiro atoms. The van der Waals surface area contributed by atoms with E-state index in [1.54, 1.807) is 0 Å². The zero-order chi connectivity index (χ0) is 16.4. The molecule has 21 heavy (non-hydrogen) atoms. The zero-order valence-electron chi connectivity index (χ0n) is 11.6. The van der Waals surface area contributed by atoms with E-state index >= 15 is 0 Å². The SMILES string of the molecule is CSCCC(N)C(=O)NC(CO)C(=O)NC(CO)C(=O)O. The third kappa shape index (κ3) is 7.27. The minimum atomic E-state index is -1.51. The molecular formula is C11H21N3O6S. The molecule has 3 unspecified atom stereocenters. The Morgan fingerprint density at radius 3 is 2.05 bits per heavy atom. The molecule has 0 aliphatic heterocycles. The molecule has 0 fully saturated rings. The molecule has 0 aromatic carbocycles. The first-order valence-electron chi connectivity index (χ1n) is 6.17. The lowest BCUT2D eigenvalue weighted by atomic mass is 10.2. The molecule has 122 valence electrons. The van der Waals surface area contributed by atoms with Crippen molar-refractivity contribution in [1.82, 2.24) is 10.6 Å². The molecule has 10 heteroatoms. The third-order valence-electron chi connectivity index (χ3n) is 2.58. The molecule has 7 N–H and O–H groups in total. The van der Waals surface area contributed by atoms with Gasteiger partial charge in [-0.25, -0.2) is 4.79 Å². The highest BCUT2D eigenvalue weighted by atomic mass is 32.2. The van der Waals surface area contributed by atoms with Crippen LogP contribution in [0.4, 0.5) is 0 Å². The molecule has 0 bridgehead atoms. The van der Waals surface area contributed by atoms with Gasteiger partial charge in [0.1, 0.15) is 12.1 Å². The predicted molar refractivity (Wildman–Crippen MR) is 76.6 cm³/mol. The summed E-state index contributed by atoms with van der Waals surface area (Å²) < 4.78 is 0. The van der Waals surface area contributed by atoms with Gasteiger partial charge in [-0.1, -0.05) is 0 Å². The van der Waals surface area contributed by atoms with Crippen LogP contribution in [0.15, 0.2) is 0 Å². The number of carbonyl (C=O) groups is 3. The van der Waals surface area contributed by atoms with Gasteiger partial charge in [0.2, 0.25) is 11.8 Å². The first-order chi connectivity index (χ1) is 9.87. The van der Waals surface area contributed by atoms with E-state index < -0.39 is 49.1 Å². The molecule has 3 atom stereocenters. The van der Waals surface area contributed by atoms with E-state index in [0.717, 1.165) is 0 Å². The second kappa shape index (κ2) is 10.4. The number of hydrogen-bond donors (Lipinski definition) is 6. The van der Waals surface area contributed by atoms with E-state index in [4.69, 9.17) is 21.1 Å². The standard InChI is InChI=1S/C11H21N3O6S/c1-21-3-2-6(12)9(17)13-7(4-15)10(18)14-8(5-16)11(19)20/h6-8,15-16H,2-5,12H2,1H3,(H,13,17)(H,14,18)(H,19,20). The molecule has 0 aliphatic rings. The average molecular weight is 323 g/mol. The van der Waals surface area contributed by atoms with Gasteiger partial charge >= 0.3 is 5.97 Å². The maximum absolute atomic E-state index is 11.7. The summed E-state index contributed by atoms with van der Waals surface area (Å²) in [5, 5.41) is 30.8. The van der Waals surface area contributed by atoms with E-state index in [1.807, 2.05) is 11.6 Å². The average Bonchev–Trinajstić information content (AvgIpc) is 2.46. The van der Waals surface area contributed by atoms with Crippen molar-refractivity contribution >= 4 is 29.5 Å². The molecule has 0 rings (SSSR count). The van der Waals surface area contributed by atoms with Gasteiger partial charge in [-0.15, -0.1) is 0 Å². The Morgan fingerprint density at radius 2 is 1.62 bits per heavy atom. The lowest BCUT2D eigenvalue weighted by Crippen LogP contribution is -2.56. The Hall–Kier alpha value is -1.36. The van der Waals surface area contributed by atoms with Crippen LogP contribution in [0.2, 0.25) is 0 Å². The number of amides is 2. The number of carbonyl (C=O) groups excluding carboxylic acids is 2. The summed E-state index contributed by atoms with van der Waals surface area (Å²) in [6.07, 6.45) is 2.26. The number of hydrogen-bond acceptors (Lipinski definition) is 7. The van der Waals surface area contributed by atoms with Gasteiger partial charge in [-0.2, -0.15) is 11.8 Å². The topological polar surface area (TPSA) is 162 Å². The number of aliphatic hydroxyl groups excluding tert-OH is 2. The fraction of sp³-hybridized carbons (Fsp3) is 0.727. The van der Waals surface area contributed by atoms with Crippen molar-refractivity contribution in [1.29, 1.82) is 0 Å². The van der Waals surface area contributed by atoms with Gasteiger partial charge in [0.05, 0.1) is 19.3 Å². The van der Waals surface area contributed by atoms with Crippen LogP contribution in [0.1, 0.15) is 6.42 Å². The van der Waals surface area contributed by atoms with Crippen LogP contribution < -0.4 is 16.4 Å². The molecule has 9 nitrogen and oxygen atoms in total.